The number of piperidine rings is 1. The zero-order chi connectivity index (χ0) is 15.3. The lowest BCUT2D eigenvalue weighted by Gasteiger charge is -2.36. The van der Waals surface area contributed by atoms with E-state index in [1.165, 1.54) is 5.56 Å². The van der Waals surface area contributed by atoms with Gasteiger partial charge in [0.15, 0.2) is 0 Å². The Morgan fingerprint density at radius 2 is 1.81 bits per heavy atom. The molecule has 1 aliphatic heterocycles. The minimum Gasteiger partial charge on any atom is -0.481 e. The van der Waals surface area contributed by atoms with Crippen molar-refractivity contribution in [3.8, 4) is 0 Å². The second kappa shape index (κ2) is 6.74. The van der Waals surface area contributed by atoms with E-state index in [0.29, 0.717) is 32.4 Å². The molecule has 4 heteroatoms. The summed E-state index contributed by atoms with van der Waals surface area (Å²) in [6, 6.07) is 10.2. The van der Waals surface area contributed by atoms with Crippen LogP contribution in [0.3, 0.4) is 0 Å². The summed E-state index contributed by atoms with van der Waals surface area (Å²) >= 11 is 0. The van der Waals surface area contributed by atoms with Gasteiger partial charge in [0.1, 0.15) is 0 Å². The molecule has 0 radical (unpaired) electrons. The number of nitrogens with zero attached hydrogens (tertiary/aromatic N) is 1. The van der Waals surface area contributed by atoms with Gasteiger partial charge in [-0.25, -0.2) is 0 Å². The van der Waals surface area contributed by atoms with E-state index in [2.05, 4.69) is 12.1 Å². The molecule has 0 unspecified atom stereocenters. The molecule has 1 amide bonds. The summed E-state index contributed by atoms with van der Waals surface area (Å²) in [5, 5.41) is 9.19. The van der Waals surface area contributed by atoms with Crippen molar-refractivity contribution in [3.63, 3.8) is 0 Å². The first-order valence-corrected chi connectivity index (χ1v) is 7.56. The molecule has 0 spiro atoms. The zero-order valence-electron chi connectivity index (χ0n) is 12.5. The first-order chi connectivity index (χ1) is 10.0. The second-order valence-corrected chi connectivity index (χ2v) is 6.09. The maximum Gasteiger partial charge on any atom is 0.309 e. The summed E-state index contributed by atoms with van der Waals surface area (Å²) in [5.41, 5.74) is 0.586. The molecule has 0 aliphatic carbocycles. The molecule has 4 nitrogen and oxygen atoms in total. The molecule has 1 aromatic rings. The van der Waals surface area contributed by atoms with Gasteiger partial charge in [-0.05, 0) is 38.2 Å². The number of carbonyl (C=O) groups excluding carboxylic acids is 1. The lowest BCUT2D eigenvalue weighted by molar-refractivity contribution is -0.153. The molecule has 1 N–H and O–H groups in total. The molecule has 0 saturated carbocycles. The average Bonchev–Trinajstić information content (AvgIpc) is 2.49. The molecule has 1 aliphatic rings. The van der Waals surface area contributed by atoms with E-state index in [-0.39, 0.29) is 5.91 Å². The molecule has 1 aromatic carbocycles. The Labute approximate surface area is 125 Å². The van der Waals surface area contributed by atoms with Crippen LogP contribution >= 0.6 is 0 Å². The number of rotatable bonds is 5. The molecule has 1 heterocycles. The summed E-state index contributed by atoms with van der Waals surface area (Å²) in [7, 11) is 0. The van der Waals surface area contributed by atoms with E-state index in [9.17, 15) is 14.7 Å². The van der Waals surface area contributed by atoms with Crippen LogP contribution < -0.4 is 0 Å². The third-order valence-electron chi connectivity index (χ3n) is 4.43. The number of likely N-dealkylation sites (tertiary alicyclic amines) is 1. The smallest absolute Gasteiger partial charge is 0.309 e. The fraction of sp³-hybridized carbons (Fsp3) is 0.529. The fourth-order valence-corrected chi connectivity index (χ4v) is 2.71. The van der Waals surface area contributed by atoms with Crippen LogP contribution in [0.1, 0.15) is 38.2 Å². The van der Waals surface area contributed by atoms with E-state index in [0.717, 1.165) is 12.8 Å². The van der Waals surface area contributed by atoms with Crippen LogP contribution in [0, 0.1) is 5.41 Å². The lowest BCUT2D eigenvalue weighted by atomic mass is 9.80. The van der Waals surface area contributed by atoms with Crippen LogP contribution in [-0.4, -0.2) is 35.0 Å². The van der Waals surface area contributed by atoms with Crippen molar-refractivity contribution in [2.75, 3.05) is 13.1 Å². The summed E-state index contributed by atoms with van der Waals surface area (Å²) in [6.45, 7) is 2.90. The van der Waals surface area contributed by atoms with Gasteiger partial charge >= 0.3 is 5.97 Å². The zero-order valence-corrected chi connectivity index (χ0v) is 12.5. The van der Waals surface area contributed by atoms with Gasteiger partial charge in [0.05, 0.1) is 5.41 Å². The number of aryl methyl sites for hydroxylation is 1. The Balaban J connectivity index is 1.74. The van der Waals surface area contributed by atoms with E-state index >= 15 is 0 Å². The van der Waals surface area contributed by atoms with Gasteiger partial charge in [-0.1, -0.05) is 30.3 Å². The quantitative estimate of drug-likeness (QED) is 0.906. The number of carbonyl (C=O) groups is 2. The molecule has 2 rings (SSSR count). The van der Waals surface area contributed by atoms with Crippen molar-refractivity contribution in [2.24, 2.45) is 5.41 Å². The van der Waals surface area contributed by atoms with Crippen molar-refractivity contribution in [1.29, 1.82) is 0 Å². The minimum atomic E-state index is -0.751. The number of hydrogen-bond acceptors (Lipinski definition) is 2. The van der Waals surface area contributed by atoms with Crippen molar-refractivity contribution in [3.05, 3.63) is 35.9 Å². The van der Waals surface area contributed by atoms with Crippen LogP contribution in [0.25, 0.3) is 0 Å². The molecule has 0 atom stereocenters. The first-order valence-electron chi connectivity index (χ1n) is 7.56. The van der Waals surface area contributed by atoms with E-state index in [4.69, 9.17) is 0 Å². The molecular weight excluding hydrogens is 266 g/mol. The van der Waals surface area contributed by atoms with Gasteiger partial charge in [0, 0.05) is 19.5 Å². The third kappa shape index (κ3) is 4.06. The summed E-state index contributed by atoms with van der Waals surface area (Å²) in [6.07, 6.45) is 3.39. The molecular formula is C17H23NO3. The second-order valence-electron chi connectivity index (χ2n) is 6.09. The average molecular weight is 289 g/mol. The summed E-state index contributed by atoms with van der Waals surface area (Å²) < 4.78 is 0. The third-order valence-corrected chi connectivity index (χ3v) is 4.43. The maximum atomic E-state index is 12.1. The van der Waals surface area contributed by atoms with Gasteiger partial charge in [-0.2, -0.15) is 0 Å². The first kappa shape index (κ1) is 15.5. The largest absolute Gasteiger partial charge is 0.481 e. The van der Waals surface area contributed by atoms with Crippen molar-refractivity contribution < 1.29 is 14.7 Å². The van der Waals surface area contributed by atoms with E-state index in [1.54, 1.807) is 6.92 Å². The van der Waals surface area contributed by atoms with Gasteiger partial charge in [0.2, 0.25) is 5.91 Å². The van der Waals surface area contributed by atoms with E-state index in [1.807, 2.05) is 23.1 Å². The summed E-state index contributed by atoms with van der Waals surface area (Å²) in [5.74, 6) is -0.600. The number of aliphatic carboxylic acids is 1. The van der Waals surface area contributed by atoms with Crippen molar-refractivity contribution in [1.82, 2.24) is 4.90 Å². The van der Waals surface area contributed by atoms with Gasteiger partial charge in [-0.3, -0.25) is 9.59 Å². The SMILES string of the molecule is CC1(C(=O)O)CCN(C(=O)CCCc2ccccc2)CC1. The Morgan fingerprint density at radius 3 is 2.38 bits per heavy atom. The normalized spacial score (nSPS) is 17.5. The van der Waals surface area contributed by atoms with Crippen molar-refractivity contribution >= 4 is 11.9 Å². The highest BCUT2D eigenvalue weighted by Gasteiger charge is 2.37. The van der Waals surface area contributed by atoms with Gasteiger partial charge in [-0.15, -0.1) is 0 Å². The van der Waals surface area contributed by atoms with Crippen molar-refractivity contribution in [2.45, 2.75) is 39.0 Å². The molecule has 1 saturated heterocycles. The van der Waals surface area contributed by atoms with Crippen LogP contribution in [0.15, 0.2) is 30.3 Å². The standard InChI is InChI=1S/C17H23NO3/c1-17(16(20)21)10-12-18(13-11-17)15(19)9-5-8-14-6-3-2-4-7-14/h2-4,6-7H,5,8-13H2,1H3,(H,20,21). The van der Waals surface area contributed by atoms with Gasteiger partial charge in [0.25, 0.3) is 0 Å². The number of benzene rings is 1. The van der Waals surface area contributed by atoms with E-state index < -0.39 is 11.4 Å². The lowest BCUT2D eigenvalue weighted by Crippen LogP contribution is -2.45. The Bertz CT molecular complexity index is 490. The fourth-order valence-electron chi connectivity index (χ4n) is 2.71. The highest BCUT2D eigenvalue weighted by molar-refractivity contribution is 5.78. The molecule has 1 fully saturated rings. The highest BCUT2D eigenvalue weighted by atomic mass is 16.4. The predicted molar refractivity (Wildman–Crippen MR) is 80.9 cm³/mol. The minimum absolute atomic E-state index is 0.151. The van der Waals surface area contributed by atoms with Crippen LogP contribution in [0.2, 0.25) is 0 Å². The Hall–Kier alpha value is -1.84. The number of hydrogen-bond donors (Lipinski definition) is 1. The summed E-state index contributed by atoms with van der Waals surface area (Å²) in [4.78, 5) is 25.1. The van der Waals surface area contributed by atoms with Crippen LogP contribution in [0.5, 0.6) is 0 Å². The Morgan fingerprint density at radius 1 is 1.19 bits per heavy atom. The van der Waals surface area contributed by atoms with Crippen LogP contribution in [-0.2, 0) is 16.0 Å². The Kier molecular flexibility index (Phi) is 4.99. The highest BCUT2D eigenvalue weighted by Crippen LogP contribution is 2.31. The number of carboxylic acid groups (broad SMARTS) is 1. The molecule has 0 aromatic heterocycles. The maximum absolute atomic E-state index is 12.1. The monoisotopic (exact) mass is 289 g/mol. The molecule has 0 bridgehead atoms. The predicted octanol–water partition coefficient (Wildman–Crippen LogP) is 2.72. The molecule has 21 heavy (non-hydrogen) atoms. The number of amides is 1. The molecule has 114 valence electrons. The number of carboxylic acids is 1. The topological polar surface area (TPSA) is 57.6 Å². The van der Waals surface area contributed by atoms with Gasteiger partial charge < -0.3 is 10.0 Å². The van der Waals surface area contributed by atoms with Crippen LogP contribution in [0.4, 0.5) is 0 Å².